The van der Waals surface area contributed by atoms with E-state index >= 15 is 0 Å². The lowest BCUT2D eigenvalue weighted by molar-refractivity contribution is -0.111. The highest BCUT2D eigenvalue weighted by molar-refractivity contribution is 6.03. The van der Waals surface area contributed by atoms with Crippen molar-refractivity contribution in [2.45, 2.75) is 20.0 Å². The van der Waals surface area contributed by atoms with Gasteiger partial charge in [0.2, 0.25) is 0 Å². The fraction of sp³-hybridized carbons (Fsp3) is 0.412. The van der Waals surface area contributed by atoms with Gasteiger partial charge in [0.15, 0.2) is 5.69 Å². The van der Waals surface area contributed by atoms with Crippen LogP contribution in [-0.4, -0.2) is 52.1 Å². The van der Waals surface area contributed by atoms with Crippen molar-refractivity contribution in [1.82, 2.24) is 19.9 Å². The van der Waals surface area contributed by atoms with Gasteiger partial charge in [-0.3, -0.25) is 9.48 Å². The minimum atomic E-state index is -0.320. The van der Waals surface area contributed by atoms with Gasteiger partial charge >= 0.3 is 6.03 Å². The molecule has 0 radical (unpaired) electrons. The van der Waals surface area contributed by atoms with Crippen molar-refractivity contribution in [3.63, 3.8) is 0 Å². The fourth-order valence-electron chi connectivity index (χ4n) is 3.07. The van der Waals surface area contributed by atoms with Crippen LogP contribution in [0.5, 0.6) is 0 Å². The molecule has 0 saturated carbocycles. The summed E-state index contributed by atoms with van der Waals surface area (Å²) in [5, 5.41) is 13.6. The number of hydrogen-bond donors (Lipinski definition) is 2. The molecule has 1 aromatic carbocycles. The zero-order chi connectivity index (χ0) is 18.3. The average molecular weight is 356 g/mol. The van der Waals surface area contributed by atoms with Crippen molar-refractivity contribution in [2.24, 2.45) is 5.41 Å². The number of hydrogen-bond acceptors (Lipinski definition) is 5. The van der Waals surface area contributed by atoms with Crippen LogP contribution < -0.4 is 10.6 Å². The molecule has 1 aromatic heterocycles. The number of rotatable bonds is 4. The molecular formula is C17H20N6O3. The number of carbonyl (C=O) groups is 2. The smallest absolute Gasteiger partial charge is 0.321 e. The van der Waals surface area contributed by atoms with Crippen molar-refractivity contribution in [2.75, 3.05) is 30.9 Å². The number of nitrogens with one attached hydrogen (secondary N) is 2. The maximum atomic E-state index is 12.4. The summed E-state index contributed by atoms with van der Waals surface area (Å²) >= 11 is 0. The molecule has 9 heteroatoms. The molecule has 1 saturated heterocycles. The third-order valence-electron chi connectivity index (χ3n) is 4.57. The quantitative estimate of drug-likeness (QED) is 0.865. The summed E-state index contributed by atoms with van der Waals surface area (Å²) in [5.74, 6) is -0.320. The highest BCUT2D eigenvalue weighted by Gasteiger charge is 2.34. The Balaban J connectivity index is 1.44. The monoisotopic (exact) mass is 356 g/mol. The molecule has 0 bridgehead atoms. The third kappa shape index (κ3) is 3.13. The van der Waals surface area contributed by atoms with E-state index in [1.54, 1.807) is 35.0 Å². The van der Waals surface area contributed by atoms with Gasteiger partial charge in [-0.25, -0.2) is 4.79 Å². The first-order valence-corrected chi connectivity index (χ1v) is 8.36. The number of nitrogens with zero attached hydrogens (tertiary/aromatic N) is 4. The molecule has 0 atom stereocenters. The Morgan fingerprint density at radius 1 is 1.42 bits per heavy atom. The molecule has 4 rings (SSSR count). The lowest BCUT2D eigenvalue weighted by atomic mass is 9.89. The molecule has 2 aromatic rings. The Morgan fingerprint density at radius 3 is 2.96 bits per heavy atom. The first-order valence-electron chi connectivity index (χ1n) is 8.36. The van der Waals surface area contributed by atoms with Crippen LogP contribution in [0.4, 0.5) is 16.2 Å². The van der Waals surface area contributed by atoms with Crippen LogP contribution >= 0.6 is 0 Å². The van der Waals surface area contributed by atoms with E-state index in [0.29, 0.717) is 32.0 Å². The summed E-state index contributed by atoms with van der Waals surface area (Å²) in [7, 11) is 1.72. The molecule has 9 nitrogen and oxygen atoms in total. The van der Waals surface area contributed by atoms with Crippen molar-refractivity contribution >= 4 is 23.3 Å². The topological polar surface area (TPSA) is 101 Å². The van der Waals surface area contributed by atoms with Gasteiger partial charge in [0, 0.05) is 30.4 Å². The van der Waals surface area contributed by atoms with Crippen molar-refractivity contribution < 1.29 is 14.3 Å². The van der Waals surface area contributed by atoms with Crippen molar-refractivity contribution in [3.8, 4) is 0 Å². The lowest BCUT2D eigenvalue weighted by Gasteiger charge is -2.37. The van der Waals surface area contributed by atoms with Crippen LogP contribution in [0.3, 0.4) is 0 Å². The van der Waals surface area contributed by atoms with Crippen LogP contribution in [0.25, 0.3) is 0 Å². The Bertz CT molecular complexity index is 873. The highest BCUT2D eigenvalue weighted by atomic mass is 16.5. The van der Waals surface area contributed by atoms with E-state index < -0.39 is 0 Å². The minimum Gasteiger partial charge on any atom is -0.380 e. The zero-order valence-corrected chi connectivity index (χ0v) is 14.7. The molecular weight excluding hydrogens is 336 g/mol. The summed E-state index contributed by atoms with van der Waals surface area (Å²) in [4.78, 5) is 25.7. The van der Waals surface area contributed by atoms with Crippen LogP contribution in [0.2, 0.25) is 0 Å². The van der Waals surface area contributed by atoms with Gasteiger partial charge in [0.25, 0.3) is 5.91 Å². The van der Waals surface area contributed by atoms with Crippen LogP contribution in [0.1, 0.15) is 23.0 Å². The number of amides is 3. The molecule has 136 valence electrons. The predicted octanol–water partition coefficient (Wildman–Crippen LogP) is 1.54. The van der Waals surface area contributed by atoms with Gasteiger partial charge in [-0.05, 0) is 23.8 Å². The number of fused-ring (bicyclic) bond motifs is 1. The van der Waals surface area contributed by atoms with Gasteiger partial charge < -0.3 is 20.3 Å². The molecule has 1 fully saturated rings. The van der Waals surface area contributed by atoms with Crippen LogP contribution in [0, 0.1) is 5.41 Å². The molecule has 2 aliphatic heterocycles. The zero-order valence-electron chi connectivity index (χ0n) is 14.7. The van der Waals surface area contributed by atoms with Gasteiger partial charge in [0.05, 0.1) is 26.0 Å². The maximum Gasteiger partial charge on any atom is 0.321 e. The van der Waals surface area contributed by atoms with Crippen LogP contribution in [0.15, 0.2) is 24.4 Å². The normalized spacial score (nSPS) is 17.9. The van der Waals surface area contributed by atoms with E-state index in [-0.39, 0.29) is 23.0 Å². The number of urea groups is 1. The predicted molar refractivity (Wildman–Crippen MR) is 93.8 cm³/mol. The third-order valence-corrected chi connectivity index (χ3v) is 4.57. The van der Waals surface area contributed by atoms with E-state index in [1.807, 2.05) is 6.07 Å². The second kappa shape index (κ2) is 6.10. The van der Waals surface area contributed by atoms with E-state index in [2.05, 4.69) is 27.9 Å². The molecule has 3 amide bonds. The first-order chi connectivity index (χ1) is 12.4. The second-order valence-electron chi connectivity index (χ2n) is 7.22. The fourth-order valence-corrected chi connectivity index (χ4v) is 3.07. The summed E-state index contributed by atoms with van der Waals surface area (Å²) in [5.41, 5.74) is 2.65. The summed E-state index contributed by atoms with van der Waals surface area (Å²) in [6.07, 6.45) is 1.64. The molecule has 0 unspecified atom stereocenters. The summed E-state index contributed by atoms with van der Waals surface area (Å²) < 4.78 is 6.91. The SMILES string of the molecule is CN1Cc2cc(NC(=O)c3cn(CC4(C)COC4)nn3)ccc2NC1=O. The van der Waals surface area contributed by atoms with E-state index in [0.717, 1.165) is 11.3 Å². The van der Waals surface area contributed by atoms with Crippen LogP contribution in [-0.2, 0) is 17.8 Å². The van der Waals surface area contributed by atoms with E-state index in [4.69, 9.17) is 4.74 Å². The molecule has 0 aliphatic carbocycles. The molecule has 3 heterocycles. The number of ether oxygens (including phenoxy) is 1. The molecule has 26 heavy (non-hydrogen) atoms. The van der Waals surface area contributed by atoms with Gasteiger partial charge in [0.1, 0.15) is 0 Å². The van der Waals surface area contributed by atoms with E-state index in [1.165, 1.54) is 0 Å². The molecule has 0 spiro atoms. The minimum absolute atomic E-state index is 0.0520. The number of aromatic nitrogens is 3. The average Bonchev–Trinajstić information content (AvgIpc) is 3.03. The number of anilines is 2. The van der Waals surface area contributed by atoms with E-state index in [9.17, 15) is 9.59 Å². The highest BCUT2D eigenvalue weighted by Crippen LogP contribution is 2.28. The maximum absolute atomic E-state index is 12.4. The molecule has 2 N–H and O–H groups in total. The van der Waals surface area contributed by atoms with Crippen molar-refractivity contribution in [1.29, 1.82) is 0 Å². The summed E-state index contributed by atoms with van der Waals surface area (Å²) in [6.45, 7) is 4.64. The van der Waals surface area contributed by atoms with Gasteiger partial charge in [-0.2, -0.15) is 0 Å². The Morgan fingerprint density at radius 2 is 2.23 bits per heavy atom. The Kier molecular flexibility index (Phi) is 3.87. The first kappa shape index (κ1) is 16.5. The van der Waals surface area contributed by atoms with Crippen molar-refractivity contribution in [3.05, 3.63) is 35.7 Å². The summed E-state index contributed by atoms with van der Waals surface area (Å²) in [6, 6.07) is 5.24. The standard InChI is InChI=1S/C17H20N6O3/c1-17(9-26-10-17)8-23-7-14(20-21-23)15(24)18-12-3-4-13-11(5-12)6-22(2)16(25)19-13/h3-5,7H,6,8-10H2,1-2H3,(H,18,24)(H,19,25). The Labute approximate surface area is 150 Å². The Hall–Kier alpha value is -2.94. The van der Waals surface area contributed by atoms with Gasteiger partial charge in [-0.1, -0.05) is 12.1 Å². The number of carbonyl (C=O) groups excluding carboxylic acids is 2. The second-order valence-corrected chi connectivity index (χ2v) is 7.22. The molecule has 2 aliphatic rings. The lowest BCUT2D eigenvalue weighted by Crippen LogP contribution is -2.43. The largest absolute Gasteiger partial charge is 0.380 e. The number of benzene rings is 1. The van der Waals surface area contributed by atoms with Gasteiger partial charge in [-0.15, -0.1) is 5.10 Å².